The van der Waals surface area contributed by atoms with Crippen molar-refractivity contribution in [3.8, 4) is 0 Å². The van der Waals surface area contributed by atoms with Crippen LogP contribution in [-0.4, -0.2) is 39.4 Å². The summed E-state index contributed by atoms with van der Waals surface area (Å²) in [5.41, 5.74) is 0. The lowest BCUT2D eigenvalue weighted by Crippen LogP contribution is -2.24. The third-order valence-electron chi connectivity index (χ3n) is 1.48. The van der Waals surface area contributed by atoms with Crippen molar-refractivity contribution in [2.24, 2.45) is 0 Å². The van der Waals surface area contributed by atoms with Crippen LogP contribution in [0.3, 0.4) is 0 Å². The van der Waals surface area contributed by atoms with E-state index in [0.717, 1.165) is 6.61 Å². The van der Waals surface area contributed by atoms with Gasteiger partial charge in [0, 0.05) is 24.8 Å². The zero-order valence-electron chi connectivity index (χ0n) is 5.31. The van der Waals surface area contributed by atoms with Crippen LogP contribution < -0.4 is 0 Å². The van der Waals surface area contributed by atoms with E-state index in [2.05, 4.69) is 5.30 Å². The van der Waals surface area contributed by atoms with Crippen LogP contribution in [0.1, 0.15) is 6.42 Å². The van der Waals surface area contributed by atoms with Crippen molar-refractivity contribution < 1.29 is 4.43 Å². The van der Waals surface area contributed by atoms with Crippen molar-refractivity contribution in [3.05, 3.63) is 0 Å². The van der Waals surface area contributed by atoms with Crippen LogP contribution in [-0.2, 0) is 4.43 Å². The van der Waals surface area contributed by atoms with Crippen LogP contribution in [0.5, 0.6) is 0 Å². The molecule has 0 unspecified atom stereocenters. The molecule has 1 aliphatic heterocycles. The van der Waals surface area contributed by atoms with E-state index in [0.29, 0.717) is 0 Å². The first kappa shape index (κ1) is 6.60. The van der Waals surface area contributed by atoms with Gasteiger partial charge in [0.05, 0.1) is 0 Å². The monoisotopic (exact) mass is 160 g/mol. The third-order valence-corrected chi connectivity index (χ3v) is 13.1. The Kier molecular flexibility index (Phi) is 2.88. The summed E-state index contributed by atoms with van der Waals surface area (Å²) in [6, 6.07) is 1.53. The standard InChI is InChI=1S/C4H12OSi3/c6-4-8-3-1-2-5-7-8/h4H,1-3,7H2,6H3. The van der Waals surface area contributed by atoms with Crippen molar-refractivity contribution >= 4 is 32.7 Å². The lowest BCUT2D eigenvalue weighted by molar-refractivity contribution is 0.336. The molecule has 0 spiro atoms. The van der Waals surface area contributed by atoms with E-state index in [1.807, 2.05) is 0 Å². The summed E-state index contributed by atoms with van der Waals surface area (Å²) < 4.78 is 5.45. The normalized spacial score (nSPS) is 29.8. The van der Waals surface area contributed by atoms with E-state index in [4.69, 9.17) is 4.43 Å². The van der Waals surface area contributed by atoms with E-state index in [-0.39, 0.29) is 17.2 Å². The second kappa shape index (κ2) is 3.50. The van der Waals surface area contributed by atoms with Gasteiger partial charge in [0.15, 0.2) is 9.28 Å². The summed E-state index contributed by atoms with van der Waals surface area (Å²) in [4.78, 5) is 0. The Bertz CT molecular complexity index is 93.5. The van der Waals surface area contributed by atoms with Crippen LogP contribution in [0, 0.1) is 0 Å². The summed E-state index contributed by atoms with van der Waals surface area (Å²) >= 11 is 0. The molecule has 1 fully saturated rings. The first-order valence-corrected chi connectivity index (χ1v) is 9.00. The molecule has 1 heterocycles. The summed E-state index contributed by atoms with van der Waals surface area (Å²) in [5, 5.41) is 2.54. The van der Waals surface area contributed by atoms with Crippen LogP contribution in [0.15, 0.2) is 0 Å². The summed E-state index contributed by atoms with van der Waals surface area (Å²) in [6.45, 7) is 1.08. The van der Waals surface area contributed by atoms with Gasteiger partial charge in [-0.05, 0) is 12.5 Å². The average molecular weight is 160 g/mol. The molecule has 1 nitrogen and oxygen atoms in total. The minimum atomic E-state index is 0.00347. The van der Waals surface area contributed by atoms with Crippen LogP contribution in [0.25, 0.3) is 0 Å². The molecule has 1 saturated heterocycles. The Morgan fingerprint density at radius 1 is 1.75 bits per heavy atom. The maximum atomic E-state index is 5.45. The van der Waals surface area contributed by atoms with Crippen LogP contribution in [0.4, 0.5) is 0 Å². The predicted molar refractivity (Wildman–Crippen MR) is 45.7 cm³/mol. The van der Waals surface area contributed by atoms with Gasteiger partial charge in [-0.3, -0.25) is 0 Å². The quantitative estimate of drug-likeness (QED) is 0.380. The molecule has 4 heteroatoms. The highest BCUT2D eigenvalue weighted by atomic mass is 29.2. The molecule has 1 aliphatic rings. The van der Waals surface area contributed by atoms with E-state index in [9.17, 15) is 0 Å². The van der Waals surface area contributed by atoms with E-state index in [1.54, 1.807) is 0 Å². The Labute approximate surface area is 56.8 Å². The first-order chi connectivity index (χ1) is 3.93. The molecule has 0 aromatic heterocycles. The second-order valence-electron chi connectivity index (χ2n) is 2.10. The van der Waals surface area contributed by atoms with Gasteiger partial charge in [-0.2, -0.15) is 0 Å². The Balaban J connectivity index is 2.33. The molecule has 0 aromatic rings. The molecule has 0 atom stereocenters. The highest BCUT2D eigenvalue weighted by Gasteiger charge is 2.04. The fourth-order valence-electron chi connectivity index (χ4n) is 0.904. The molecule has 0 aromatic carbocycles. The largest absolute Gasteiger partial charge is 0.424 e. The maximum Gasteiger partial charge on any atom is 0.166 e. The van der Waals surface area contributed by atoms with Crippen molar-refractivity contribution in [1.82, 2.24) is 0 Å². The fourth-order valence-corrected chi connectivity index (χ4v) is 7.98. The van der Waals surface area contributed by atoms with Gasteiger partial charge < -0.3 is 4.43 Å². The molecule has 8 heavy (non-hydrogen) atoms. The molecule has 1 rings (SSSR count). The molecule has 0 saturated carbocycles. The minimum absolute atomic E-state index is 0.00347. The molecule has 0 radical (unpaired) electrons. The van der Waals surface area contributed by atoms with Gasteiger partial charge >= 0.3 is 0 Å². The molecule has 46 valence electrons. The third kappa shape index (κ3) is 1.77. The number of rotatable bonds is 0. The summed E-state index contributed by atoms with van der Waals surface area (Å²) in [7, 11) is 1.37. The smallest absolute Gasteiger partial charge is 0.166 e. The molecule has 0 amide bonds. The van der Waals surface area contributed by atoms with E-state index in [1.165, 1.54) is 22.7 Å². The lowest BCUT2D eigenvalue weighted by Gasteiger charge is -2.11. The zero-order chi connectivity index (χ0) is 5.82. The SMILES string of the molecule is [SiH3]C=[Si]1CCCO[SiH2]1. The fraction of sp³-hybridized carbons (Fsp3) is 0.750. The van der Waals surface area contributed by atoms with E-state index < -0.39 is 0 Å². The summed E-state index contributed by atoms with van der Waals surface area (Å²) in [6.07, 6.45) is 1.35. The molecular formula is C4H12OSi3. The molecular weight excluding hydrogens is 148 g/mol. The van der Waals surface area contributed by atoms with Gasteiger partial charge in [0.2, 0.25) is 0 Å². The Hall–Kier alpha value is 0.481. The van der Waals surface area contributed by atoms with Crippen LogP contribution >= 0.6 is 0 Å². The van der Waals surface area contributed by atoms with Crippen LogP contribution in [0.2, 0.25) is 6.04 Å². The van der Waals surface area contributed by atoms with Gasteiger partial charge in [-0.15, -0.1) is 5.30 Å². The molecule has 0 N–H and O–H groups in total. The van der Waals surface area contributed by atoms with E-state index >= 15 is 0 Å². The Morgan fingerprint density at radius 2 is 2.62 bits per heavy atom. The average Bonchev–Trinajstić information content (AvgIpc) is 1.90. The van der Waals surface area contributed by atoms with Crippen molar-refractivity contribution in [2.75, 3.05) is 6.61 Å². The van der Waals surface area contributed by atoms with Gasteiger partial charge in [0.1, 0.15) is 0 Å². The van der Waals surface area contributed by atoms with Gasteiger partial charge in [0.25, 0.3) is 0 Å². The molecule has 0 aliphatic carbocycles. The highest BCUT2D eigenvalue weighted by Crippen LogP contribution is 1.97. The predicted octanol–water partition coefficient (Wildman–Crippen LogP) is -1.81. The molecule has 0 bridgehead atoms. The van der Waals surface area contributed by atoms with Crippen molar-refractivity contribution in [2.45, 2.75) is 12.5 Å². The second-order valence-corrected chi connectivity index (χ2v) is 10.5. The van der Waals surface area contributed by atoms with Gasteiger partial charge in [-0.25, -0.2) is 0 Å². The highest BCUT2D eigenvalue weighted by molar-refractivity contribution is 7.16. The van der Waals surface area contributed by atoms with Crippen molar-refractivity contribution in [1.29, 1.82) is 0 Å². The Morgan fingerprint density at radius 3 is 3.00 bits per heavy atom. The van der Waals surface area contributed by atoms with Gasteiger partial charge in [-0.1, -0.05) is 0 Å². The minimum Gasteiger partial charge on any atom is -0.424 e. The maximum absolute atomic E-state index is 5.45. The number of hydrogen-bond acceptors (Lipinski definition) is 1. The van der Waals surface area contributed by atoms with Crippen molar-refractivity contribution in [3.63, 3.8) is 0 Å². The zero-order valence-corrected chi connectivity index (χ0v) is 9.73. The first-order valence-electron chi connectivity index (χ1n) is 3.15. The summed E-state index contributed by atoms with van der Waals surface area (Å²) in [5.74, 6) is 0. The number of hydrogen-bond donors (Lipinski definition) is 0. The lowest BCUT2D eigenvalue weighted by atomic mass is 10.5. The topological polar surface area (TPSA) is 9.23 Å².